The molecule has 7 nitrogen and oxygen atoms in total. The van der Waals surface area contributed by atoms with Crippen molar-refractivity contribution in [3.8, 4) is 5.75 Å². The van der Waals surface area contributed by atoms with E-state index in [1.54, 1.807) is 29.2 Å². The molecule has 7 heteroatoms. The van der Waals surface area contributed by atoms with Crippen molar-refractivity contribution in [1.82, 2.24) is 5.32 Å². The molecule has 1 unspecified atom stereocenters. The Balaban J connectivity index is 1.89. The zero-order valence-electron chi connectivity index (χ0n) is 13.9. The fraction of sp³-hybridized carbons (Fsp3) is 0.389. The zero-order valence-corrected chi connectivity index (χ0v) is 13.9. The largest absolute Gasteiger partial charge is 0.484 e. The highest BCUT2D eigenvalue weighted by atomic mass is 16.5. The number of carbonyl (C=O) groups excluding carboxylic acids is 2. The Labute approximate surface area is 146 Å². The molecule has 134 valence electrons. The standard InChI is InChI=1S/C18H22N2O5/c1-2-3-8-15(18(23)24)19-16(21)12-25-14-7-4-6-13(11-14)20-10-5-9-17(20)22/h2,4,6-7,11,15H,1,3,5,8-10,12H2,(H,19,21)(H,23,24). The Hall–Kier alpha value is -2.83. The number of carboxylic acid groups (broad SMARTS) is 1. The van der Waals surface area contributed by atoms with Gasteiger partial charge < -0.3 is 20.1 Å². The number of aliphatic carboxylic acids is 1. The van der Waals surface area contributed by atoms with Crippen LogP contribution in [0.15, 0.2) is 36.9 Å². The van der Waals surface area contributed by atoms with E-state index in [9.17, 15) is 14.4 Å². The quantitative estimate of drug-likeness (QED) is 0.664. The van der Waals surface area contributed by atoms with Crippen LogP contribution in [0.25, 0.3) is 0 Å². The number of benzene rings is 1. The molecule has 0 aliphatic carbocycles. The number of ether oxygens (including phenoxy) is 1. The van der Waals surface area contributed by atoms with Crippen LogP contribution >= 0.6 is 0 Å². The Morgan fingerprint density at radius 3 is 2.88 bits per heavy atom. The Kier molecular flexibility index (Phi) is 6.56. The van der Waals surface area contributed by atoms with Crippen molar-refractivity contribution in [3.05, 3.63) is 36.9 Å². The third-order valence-corrected chi connectivity index (χ3v) is 3.87. The molecule has 1 aromatic rings. The minimum atomic E-state index is -1.09. The van der Waals surface area contributed by atoms with Crippen LogP contribution in [0.4, 0.5) is 5.69 Å². The maximum absolute atomic E-state index is 11.9. The molecule has 1 heterocycles. The number of anilines is 1. The van der Waals surface area contributed by atoms with Crippen molar-refractivity contribution in [2.45, 2.75) is 31.7 Å². The molecule has 25 heavy (non-hydrogen) atoms. The van der Waals surface area contributed by atoms with Crippen LogP contribution in [0.3, 0.4) is 0 Å². The van der Waals surface area contributed by atoms with E-state index in [1.165, 1.54) is 0 Å². The van der Waals surface area contributed by atoms with Gasteiger partial charge in [-0.3, -0.25) is 9.59 Å². The Morgan fingerprint density at radius 1 is 1.44 bits per heavy atom. The number of hydrogen-bond acceptors (Lipinski definition) is 4. The Morgan fingerprint density at radius 2 is 2.24 bits per heavy atom. The van der Waals surface area contributed by atoms with Gasteiger partial charge in [-0.05, 0) is 31.4 Å². The average molecular weight is 346 g/mol. The van der Waals surface area contributed by atoms with Crippen molar-refractivity contribution in [1.29, 1.82) is 0 Å². The van der Waals surface area contributed by atoms with E-state index in [-0.39, 0.29) is 18.9 Å². The van der Waals surface area contributed by atoms with E-state index in [2.05, 4.69) is 11.9 Å². The summed E-state index contributed by atoms with van der Waals surface area (Å²) in [6.07, 6.45) is 3.73. The lowest BCUT2D eigenvalue weighted by molar-refractivity contribution is -0.142. The summed E-state index contributed by atoms with van der Waals surface area (Å²) in [5.74, 6) is -1.09. The number of amides is 2. The second-order valence-corrected chi connectivity index (χ2v) is 5.76. The molecule has 1 saturated heterocycles. The fourth-order valence-corrected chi connectivity index (χ4v) is 2.59. The van der Waals surface area contributed by atoms with Crippen LogP contribution < -0.4 is 15.0 Å². The SMILES string of the molecule is C=CCCC(NC(=O)COc1cccc(N2CCCC2=O)c1)C(=O)O. The normalized spacial score (nSPS) is 14.9. The molecule has 0 radical (unpaired) electrons. The minimum absolute atomic E-state index is 0.0708. The van der Waals surface area contributed by atoms with Crippen molar-refractivity contribution >= 4 is 23.5 Å². The van der Waals surface area contributed by atoms with E-state index >= 15 is 0 Å². The first-order valence-corrected chi connectivity index (χ1v) is 8.17. The maximum atomic E-state index is 11.9. The van der Waals surface area contributed by atoms with E-state index in [4.69, 9.17) is 9.84 Å². The lowest BCUT2D eigenvalue weighted by Crippen LogP contribution is -2.42. The van der Waals surface area contributed by atoms with Gasteiger partial charge in [-0.2, -0.15) is 0 Å². The molecule has 1 fully saturated rings. The summed E-state index contributed by atoms with van der Waals surface area (Å²) in [5, 5.41) is 11.5. The van der Waals surface area contributed by atoms with Crippen molar-refractivity contribution in [3.63, 3.8) is 0 Å². The molecule has 1 aliphatic heterocycles. The first-order valence-electron chi connectivity index (χ1n) is 8.17. The number of nitrogens with one attached hydrogen (secondary N) is 1. The van der Waals surface area contributed by atoms with Gasteiger partial charge in [-0.15, -0.1) is 6.58 Å². The highest BCUT2D eigenvalue weighted by molar-refractivity contribution is 5.95. The molecule has 1 aliphatic rings. The summed E-state index contributed by atoms with van der Waals surface area (Å²) < 4.78 is 5.43. The topological polar surface area (TPSA) is 95.9 Å². The lowest BCUT2D eigenvalue weighted by Gasteiger charge is -2.17. The summed E-state index contributed by atoms with van der Waals surface area (Å²) >= 11 is 0. The summed E-state index contributed by atoms with van der Waals surface area (Å²) in [6.45, 7) is 3.91. The molecule has 0 aromatic heterocycles. The molecular formula is C18H22N2O5. The summed E-state index contributed by atoms with van der Waals surface area (Å²) in [6, 6.07) is 5.97. The molecular weight excluding hydrogens is 324 g/mol. The van der Waals surface area contributed by atoms with Gasteiger partial charge in [0.2, 0.25) is 5.91 Å². The summed E-state index contributed by atoms with van der Waals surface area (Å²) in [7, 11) is 0. The number of carboxylic acids is 1. The lowest BCUT2D eigenvalue weighted by atomic mass is 10.1. The van der Waals surface area contributed by atoms with E-state index < -0.39 is 17.9 Å². The van der Waals surface area contributed by atoms with Gasteiger partial charge in [0.1, 0.15) is 11.8 Å². The van der Waals surface area contributed by atoms with Crippen LogP contribution in [-0.2, 0) is 14.4 Å². The van der Waals surface area contributed by atoms with Gasteiger partial charge in [0.15, 0.2) is 6.61 Å². The average Bonchev–Trinajstić information content (AvgIpc) is 3.03. The number of hydrogen-bond donors (Lipinski definition) is 2. The van der Waals surface area contributed by atoms with Gasteiger partial charge in [0.25, 0.3) is 5.91 Å². The summed E-state index contributed by atoms with van der Waals surface area (Å²) in [5.41, 5.74) is 0.731. The van der Waals surface area contributed by atoms with Crippen molar-refractivity contribution in [2.75, 3.05) is 18.1 Å². The van der Waals surface area contributed by atoms with E-state index in [1.807, 2.05) is 6.07 Å². The molecule has 0 saturated carbocycles. The predicted octanol–water partition coefficient (Wildman–Crippen LogP) is 1.73. The maximum Gasteiger partial charge on any atom is 0.326 e. The van der Waals surface area contributed by atoms with Crippen molar-refractivity contribution in [2.24, 2.45) is 0 Å². The highest BCUT2D eigenvalue weighted by Gasteiger charge is 2.22. The van der Waals surface area contributed by atoms with Crippen LogP contribution in [0.2, 0.25) is 0 Å². The van der Waals surface area contributed by atoms with Crippen LogP contribution in [0.1, 0.15) is 25.7 Å². The summed E-state index contributed by atoms with van der Waals surface area (Å²) in [4.78, 5) is 36.5. The van der Waals surface area contributed by atoms with E-state index in [0.717, 1.165) is 12.1 Å². The molecule has 2 N–H and O–H groups in total. The smallest absolute Gasteiger partial charge is 0.326 e. The zero-order chi connectivity index (χ0) is 18.2. The first kappa shape index (κ1) is 18.5. The number of nitrogens with zero attached hydrogens (tertiary/aromatic N) is 1. The molecule has 2 rings (SSSR count). The number of carbonyl (C=O) groups is 3. The predicted molar refractivity (Wildman–Crippen MR) is 92.5 cm³/mol. The Bertz CT molecular complexity index is 659. The fourth-order valence-electron chi connectivity index (χ4n) is 2.59. The van der Waals surface area contributed by atoms with E-state index in [0.29, 0.717) is 25.1 Å². The highest BCUT2D eigenvalue weighted by Crippen LogP contribution is 2.25. The molecule has 2 amide bonds. The molecule has 0 bridgehead atoms. The minimum Gasteiger partial charge on any atom is -0.484 e. The van der Waals surface area contributed by atoms with Crippen LogP contribution in [0, 0.1) is 0 Å². The van der Waals surface area contributed by atoms with Gasteiger partial charge >= 0.3 is 5.97 Å². The number of allylic oxidation sites excluding steroid dienone is 1. The van der Waals surface area contributed by atoms with Gasteiger partial charge in [-0.1, -0.05) is 12.1 Å². The second-order valence-electron chi connectivity index (χ2n) is 5.76. The van der Waals surface area contributed by atoms with Gasteiger partial charge in [0, 0.05) is 24.7 Å². The van der Waals surface area contributed by atoms with Crippen molar-refractivity contribution < 1.29 is 24.2 Å². The first-order chi connectivity index (χ1) is 12.0. The molecule has 1 aromatic carbocycles. The third-order valence-electron chi connectivity index (χ3n) is 3.87. The van der Waals surface area contributed by atoms with Gasteiger partial charge in [-0.25, -0.2) is 4.79 Å². The van der Waals surface area contributed by atoms with Crippen LogP contribution in [0.5, 0.6) is 5.75 Å². The third kappa shape index (κ3) is 5.34. The van der Waals surface area contributed by atoms with Crippen LogP contribution in [-0.4, -0.2) is 42.1 Å². The second kappa shape index (κ2) is 8.86. The monoisotopic (exact) mass is 346 g/mol. The molecule has 1 atom stereocenters. The van der Waals surface area contributed by atoms with Gasteiger partial charge in [0.05, 0.1) is 0 Å². The number of rotatable bonds is 9. The molecule has 0 spiro atoms.